The second-order valence-corrected chi connectivity index (χ2v) is 9.30. The van der Waals surface area contributed by atoms with Crippen molar-refractivity contribution in [2.24, 2.45) is 5.41 Å². The highest BCUT2D eigenvalue weighted by molar-refractivity contribution is 7.92. The van der Waals surface area contributed by atoms with Gasteiger partial charge in [0.25, 0.3) is 0 Å². The lowest BCUT2D eigenvalue weighted by Gasteiger charge is -2.31. The maximum Gasteiger partial charge on any atom is 0.148 e. The smallest absolute Gasteiger partial charge is 0.148 e. The number of sulfone groups is 1. The van der Waals surface area contributed by atoms with E-state index in [0.717, 1.165) is 6.54 Å². The van der Waals surface area contributed by atoms with Crippen molar-refractivity contribution in [2.75, 3.05) is 30.1 Å². The van der Waals surface area contributed by atoms with Gasteiger partial charge in [-0.15, -0.1) is 0 Å². The van der Waals surface area contributed by atoms with Crippen LogP contribution in [0.25, 0.3) is 0 Å². The molecule has 0 aromatic rings. The molecule has 17 heavy (non-hydrogen) atoms. The normalized spacial score (nSPS) is 16.8. The van der Waals surface area contributed by atoms with Crippen LogP contribution in [-0.4, -0.2) is 48.7 Å². The van der Waals surface area contributed by atoms with Crippen LogP contribution in [0.2, 0.25) is 0 Å². The molecule has 1 N–H and O–H groups in total. The van der Waals surface area contributed by atoms with Crippen LogP contribution >= 0.6 is 0 Å². The van der Waals surface area contributed by atoms with Crippen LogP contribution in [0.1, 0.15) is 27.7 Å². The van der Waals surface area contributed by atoms with Gasteiger partial charge >= 0.3 is 0 Å². The number of rotatable bonds is 7. The van der Waals surface area contributed by atoms with Gasteiger partial charge in [0.05, 0.1) is 5.75 Å². The van der Waals surface area contributed by atoms with Gasteiger partial charge in [0.1, 0.15) is 9.84 Å². The summed E-state index contributed by atoms with van der Waals surface area (Å²) < 4.78 is 33.8. The van der Waals surface area contributed by atoms with Crippen LogP contribution in [0.15, 0.2) is 0 Å². The average molecular weight is 283 g/mol. The van der Waals surface area contributed by atoms with Gasteiger partial charge in [0, 0.05) is 34.6 Å². The van der Waals surface area contributed by atoms with Crippen molar-refractivity contribution in [1.82, 2.24) is 5.32 Å². The summed E-state index contributed by atoms with van der Waals surface area (Å²) >= 11 is 0. The summed E-state index contributed by atoms with van der Waals surface area (Å²) in [6.07, 6.45) is 1.18. The minimum Gasteiger partial charge on any atom is -0.313 e. The topological polar surface area (TPSA) is 63.2 Å². The Labute approximate surface area is 108 Å². The largest absolute Gasteiger partial charge is 0.313 e. The highest BCUT2D eigenvalue weighted by atomic mass is 32.2. The molecule has 0 aromatic carbocycles. The maximum absolute atomic E-state index is 11.8. The van der Waals surface area contributed by atoms with Crippen LogP contribution < -0.4 is 5.32 Å². The molecule has 0 aliphatic carbocycles. The summed E-state index contributed by atoms with van der Waals surface area (Å²) in [4.78, 5) is 0. The molecule has 0 rings (SSSR count). The first-order valence-corrected chi connectivity index (χ1v) is 9.37. The van der Waals surface area contributed by atoms with E-state index < -0.39 is 20.6 Å². The van der Waals surface area contributed by atoms with E-state index in [9.17, 15) is 12.6 Å². The molecule has 2 atom stereocenters. The summed E-state index contributed by atoms with van der Waals surface area (Å²) in [7, 11) is -4.10. The van der Waals surface area contributed by atoms with Crippen molar-refractivity contribution >= 4 is 20.6 Å². The first-order valence-electron chi connectivity index (χ1n) is 5.82. The third-order valence-electron chi connectivity index (χ3n) is 2.53. The fraction of sp³-hybridized carbons (Fsp3) is 1.00. The average Bonchev–Trinajstić information content (AvgIpc) is 2.11. The molecule has 104 valence electrons. The second kappa shape index (κ2) is 6.85. The SMILES string of the molecule is CCNC(CS(=O)CCS(C)(=O)=O)C(C)(C)C. The van der Waals surface area contributed by atoms with Crippen molar-refractivity contribution in [1.29, 1.82) is 0 Å². The molecule has 4 nitrogen and oxygen atoms in total. The molecule has 0 aliphatic heterocycles. The molecule has 0 saturated carbocycles. The van der Waals surface area contributed by atoms with Crippen molar-refractivity contribution < 1.29 is 12.6 Å². The first-order chi connectivity index (χ1) is 7.56. The Bertz CT molecular complexity index is 344. The van der Waals surface area contributed by atoms with Gasteiger partial charge in [-0.1, -0.05) is 27.7 Å². The van der Waals surface area contributed by atoms with Crippen LogP contribution in [0.4, 0.5) is 0 Å². The van der Waals surface area contributed by atoms with Gasteiger partial charge in [0.2, 0.25) is 0 Å². The molecule has 0 saturated heterocycles. The minimum absolute atomic E-state index is 0.00258. The maximum atomic E-state index is 11.8. The van der Waals surface area contributed by atoms with Crippen LogP contribution in [-0.2, 0) is 20.6 Å². The molecular formula is C11H25NO3S2. The summed E-state index contributed by atoms with van der Waals surface area (Å²) in [6, 6.07) is 0.146. The molecular weight excluding hydrogens is 258 g/mol. The van der Waals surface area contributed by atoms with Gasteiger partial charge in [0.15, 0.2) is 0 Å². The summed E-state index contributed by atoms with van der Waals surface area (Å²) in [5.74, 6) is 0.742. The summed E-state index contributed by atoms with van der Waals surface area (Å²) in [5, 5.41) is 3.31. The van der Waals surface area contributed by atoms with Crippen LogP contribution in [0.5, 0.6) is 0 Å². The quantitative estimate of drug-likeness (QED) is 0.751. The van der Waals surface area contributed by atoms with E-state index >= 15 is 0 Å². The third kappa shape index (κ3) is 8.74. The van der Waals surface area contributed by atoms with E-state index in [1.807, 2.05) is 6.92 Å². The van der Waals surface area contributed by atoms with Gasteiger partial charge < -0.3 is 5.32 Å². The lowest BCUT2D eigenvalue weighted by molar-refractivity contribution is 0.294. The standard InChI is InChI=1S/C11H25NO3S2/c1-6-12-10(11(2,3)4)9-16(13)7-8-17(5,14)15/h10,12H,6-9H2,1-5H3. The Kier molecular flexibility index (Phi) is 6.87. The van der Waals surface area contributed by atoms with E-state index in [1.165, 1.54) is 6.26 Å². The predicted molar refractivity (Wildman–Crippen MR) is 74.5 cm³/mol. The van der Waals surface area contributed by atoms with Crippen LogP contribution in [0, 0.1) is 5.41 Å². The predicted octanol–water partition coefficient (Wildman–Crippen LogP) is 0.804. The monoisotopic (exact) mass is 283 g/mol. The zero-order valence-corrected chi connectivity index (χ0v) is 13.1. The summed E-state index contributed by atoms with van der Waals surface area (Å²) in [6.45, 7) is 9.11. The number of hydrogen-bond donors (Lipinski definition) is 1. The van der Waals surface area contributed by atoms with Crippen LogP contribution in [0.3, 0.4) is 0 Å². The second-order valence-electron chi connectivity index (χ2n) is 5.42. The van der Waals surface area contributed by atoms with Crippen molar-refractivity contribution in [3.8, 4) is 0 Å². The third-order valence-corrected chi connectivity index (χ3v) is 5.10. The van der Waals surface area contributed by atoms with E-state index in [1.54, 1.807) is 0 Å². The molecule has 6 heteroatoms. The Morgan fingerprint density at radius 3 is 2.18 bits per heavy atom. The van der Waals surface area contributed by atoms with E-state index in [-0.39, 0.29) is 23.0 Å². The van der Waals surface area contributed by atoms with Gasteiger partial charge in [-0.2, -0.15) is 0 Å². The lowest BCUT2D eigenvalue weighted by Crippen LogP contribution is -2.44. The Balaban J connectivity index is 4.32. The zero-order valence-electron chi connectivity index (χ0n) is 11.4. The molecule has 0 aliphatic rings. The molecule has 0 heterocycles. The van der Waals surface area contributed by atoms with Crippen molar-refractivity contribution in [3.05, 3.63) is 0 Å². The molecule has 0 spiro atoms. The lowest BCUT2D eigenvalue weighted by atomic mass is 9.88. The highest BCUT2D eigenvalue weighted by Crippen LogP contribution is 2.20. The molecule has 0 fully saturated rings. The first kappa shape index (κ1) is 17.1. The molecule has 0 aromatic heterocycles. The molecule has 0 amide bonds. The van der Waals surface area contributed by atoms with Crippen molar-refractivity contribution in [3.63, 3.8) is 0 Å². The Hall–Kier alpha value is 0.0600. The van der Waals surface area contributed by atoms with Gasteiger partial charge in [-0.3, -0.25) is 4.21 Å². The molecule has 0 radical (unpaired) electrons. The van der Waals surface area contributed by atoms with Gasteiger partial charge in [-0.25, -0.2) is 8.42 Å². The Morgan fingerprint density at radius 2 is 1.82 bits per heavy atom. The fourth-order valence-corrected chi connectivity index (χ4v) is 4.49. The van der Waals surface area contributed by atoms with E-state index in [0.29, 0.717) is 5.75 Å². The molecule has 0 bridgehead atoms. The highest BCUT2D eigenvalue weighted by Gasteiger charge is 2.25. The Morgan fingerprint density at radius 1 is 1.29 bits per heavy atom. The zero-order chi connectivity index (χ0) is 13.7. The summed E-state index contributed by atoms with van der Waals surface area (Å²) in [5.41, 5.74) is 0.0246. The number of nitrogens with one attached hydrogen (secondary N) is 1. The van der Waals surface area contributed by atoms with E-state index in [2.05, 4.69) is 26.1 Å². The van der Waals surface area contributed by atoms with Crippen molar-refractivity contribution in [2.45, 2.75) is 33.7 Å². The minimum atomic E-state index is -3.02. The van der Waals surface area contributed by atoms with E-state index in [4.69, 9.17) is 0 Å². The van der Waals surface area contributed by atoms with Gasteiger partial charge in [-0.05, 0) is 12.0 Å². The number of hydrogen-bond acceptors (Lipinski definition) is 4. The molecule has 2 unspecified atom stereocenters. The fourth-order valence-electron chi connectivity index (χ4n) is 1.38.